The molecule has 1 aromatic heterocycles. The van der Waals surface area contributed by atoms with Gasteiger partial charge in [-0.25, -0.2) is 8.78 Å². The van der Waals surface area contributed by atoms with E-state index >= 15 is 0 Å². The summed E-state index contributed by atoms with van der Waals surface area (Å²) in [6.45, 7) is 1.57. The summed E-state index contributed by atoms with van der Waals surface area (Å²) in [6, 6.07) is 3.66. The fourth-order valence-electron chi connectivity index (χ4n) is 1.97. The average Bonchev–Trinajstić information content (AvgIpc) is 2.84. The Morgan fingerprint density at radius 3 is 2.78 bits per heavy atom. The highest BCUT2D eigenvalue weighted by molar-refractivity contribution is 5.92. The van der Waals surface area contributed by atoms with Crippen LogP contribution in [0.1, 0.15) is 11.3 Å². The summed E-state index contributed by atoms with van der Waals surface area (Å²) >= 11 is 0. The summed E-state index contributed by atoms with van der Waals surface area (Å²) in [6.07, 6.45) is 1.06. The van der Waals surface area contributed by atoms with Crippen LogP contribution in [0.4, 0.5) is 14.5 Å². The Morgan fingerprint density at radius 1 is 1.35 bits per heavy atom. The lowest BCUT2D eigenvalue weighted by molar-refractivity contribution is -0.141. The van der Waals surface area contributed by atoms with Gasteiger partial charge >= 0.3 is 5.97 Å². The maximum Gasteiger partial charge on any atom is 0.327 e. The van der Waals surface area contributed by atoms with Gasteiger partial charge in [0.2, 0.25) is 5.91 Å². The van der Waals surface area contributed by atoms with Crippen molar-refractivity contribution in [2.75, 3.05) is 12.4 Å². The summed E-state index contributed by atoms with van der Waals surface area (Å²) in [5, 5.41) is 6.52. The number of carbonyl (C=O) groups excluding carboxylic acids is 2. The molecule has 0 saturated heterocycles. The molecule has 1 amide bonds. The molecule has 0 radical (unpaired) electrons. The highest BCUT2D eigenvalue weighted by Crippen LogP contribution is 2.16. The second-order valence-electron chi connectivity index (χ2n) is 4.82. The van der Waals surface area contributed by atoms with Crippen molar-refractivity contribution in [1.29, 1.82) is 0 Å². The molecule has 0 unspecified atom stereocenters. The number of nitrogens with zero attached hydrogens (tertiary/aromatic N) is 2. The molecule has 0 aliphatic carbocycles. The molecule has 1 N–H and O–H groups in total. The number of benzene rings is 1. The minimum atomic E-state index is -1.04. The van der Waals surface area contributed by atoms with E-state index in [4.69, 9.17) is 0 Å². The van der Waals surface area contributed by atoms with Crippen molar-refractivity contribution >= 4 is 17.6 Å². The van der Waals surface area contributed by atoms with Crippen LogP contribution < -0.4 is 5.32 Å². The predicted molar refractivity (Wildman–Crippen MR) is 77.7 cm³/mol. The van der Waals surface area contributed by atoms with E-state index in [1.165, 1.54) is 30.1 Å². The number of aromatic nitrogens is 2. The number of carbonyl (C=O) groups is 2. The molecule has 1 heterocycles. The minimum Gasteiger partial charge on any atom is -0.468 e. The van der Waals surface area contributed by atoms with E-state index in [0.29, 0.717) is 11.4 Å². The Kier molecular flexibility index (Phi) is 5.05. The van der Waals surface area contributed by atoms with Gasteiger partial charge in [0, 0.05) is 5.56 Å². The monoisotopic (exact) mass is 323 g/mol. The molecule has 2 rings (SSSR count). The second-order valence-corrected chi connectivity index (χ2v) is 4.82. The van der Waals surface area contributed by atoms with Gasteiger partial charge in [0.15, 0.2) is 11.6 Å². The van der Waals surface area contributed by atoms with Crippen LogP contribution in [0.2, 0.25) is 0 Å². The van der Waals surface area contributed by atoms with Gasteiger partial charge in [0.25, 0.3) is 0 Å². The van der Waals surface area contributed by atoms with Gasteiger partial charge in [-0.15, -0.1) is 0 Å². The van der Waals surface area contributed by atoms with Crippen molar-refractivity contribution in [3.05, 3.63) is 47.3 Å². The van der Waals surface area contributed by atoms with Crippen LogP contribution in [0, 0.1) is 18.6 Å². The maximum atomic E-state index is 13.5. The van der Waals surface area contributed by atoms with Gasteiger partial charge < -0.3 is 10.1 Å². The zero-order valence-electron chi connectivity index (χ0n) is 12.6. The quantitative estimate of drug-likeness (QED) is 0.852. The van der Waals surface area contributed by atoms with Gasteiger partial charge in [-0.3, -0.25) is 14.3 Å². The normalized spacial score (nSPS) is 10.4. The van der Waals surface area contributed by atoms with Gasteiger partial charge in [-0.1, -0.05) is 12.1 Å². The molecule has 0 aliphatic heterocycles. The fourth-order valence-corrected chi connectivity index (χ4v) is 1.97. The Hall–Kier alpha value is -2.77. The summed E-state index contributed by atoms with van der Waals surface area (Å²) in [5.41, 5.74) is 0.890. The van der Waals surface area contributed by atoms with Gasteiger partial charge in [0.1, 0.15) is 6.54 Å². The smallest absolute Gasteiger partial charge is 0.327 e. The Morgan fingerprint density at radius 2 is 2.09 bits per heavy atom. The number of esters is 1. The standard InChI is InChI=1S/C15H15F2N3O3/c1-9-12(7-18-20(9)8-14(22)23-2)19-13(21)6-10-4-3-5-11(16)15(10)17/h3-5,7H,6,8H2,1-2H3,(H,19,21). The van der Waals surface area contributed by atoms with Crippen molar-refractivity contribution in [2.45, 2.75) is 19.9 Å². The van der Waals surface area contributed by atoms with Crippen molar-refractivity contribution < 1.29 is 23.1 Å². The molecule has 0 aliphatic rings. The van der Waals surface area contributed by atoms with Crippen LogP contribution >= 0.6 is 0 Å². The number of rotatable bonds is 5. The number of hydrogen-bond acceptors (Lipinski definition) is 4. The first-order valence-corrected chi connectivity index (χ1v) is 6.74. The van der Waals surface area contributed by atoms with Crippen LogP contribution in [-0.2, 0) is 27.3 Å². The lowest BCUT2D eigenvalue weighted by Gasteiger charge is -2.07. The van der Waals surface area contributed by atoms with E-state index in [1.54, 1.807) is 6.92 Å². The van der Waals surface area contributed by atoms with Crippen molar-refractivity contribution in [1.82, 2.24) is 9.78 Å². The van der Waals surface area contributed by atoms with Crippen molar-refractivity contribution in [2.24, 2.45) is 0 Å². The first-order chi connectivity index (χ1) is 10.9. The first-order valence-electron chi connectivity index (χ1n) is 6.74. The number of nitrogens with one attached hydrogen (secondary N) is 1. The molecule has 0 bridgehead atoms. The number of halogens is 2. The van der Waals surface area contributed by atoms with Crippen LogP contribution in [0.25, 0.3) is 0 Å². The molecule has 122 valence electrons. The SMILES string of the molecule is COC(=O)Cn1ncc(NC(=O)Cc2cccc(F)c2F)c1C. The Labute approximate surface area is 131 Å². The van der Waals surface area contributed by atoms with E-state index in [0.717, 1.165) is 6.07 Å². The van der Waals surface area contributed by atoms with Crippen LogP contribution in [0.15, 0.2) is 24.4 Å². The molecular formula is C15H15F2N3O3. The van der Waals surface area contributed by atoms with Crippen molar-refractivity contribution in [3.63, 3.8) is 0 Å². The number of anilines is 1. The van der Waals surface area contributed by atoms with E-state index in [1.807, 2.05) is 0 Å². The number of amides is 1. The summed E-state index contributed by atoms with van der Waals surface area (Å²) in [5.74, 6) is -3.04. The molecular weight excluding hydrogens is 308 g/mol. The molecule has 0 fully saturated rings. The molecule has 2 aromatic rings. The zero-order chi connectivity index (χ0) is 17.0. The molecule has 6 nitrogen and oxygen atoms in total. The third-order valence-electron chi connectivity index (χ3n) is 3.27. The lowest BCUT2D eigenvalue weighted by atomic mass is 10.1. The Balaban J connectivity index is 2.06. The fraction of sp³-hybridized carbons (Fsp3) is 0.267. The van der Waals surface area contributed by atoms with Crippen LogP contribution in [0.5, 0.6) is 0 Å². The topological polar surface area (TPSA) is 73.2 Å². The summed E-state index contributed by atoms with van der Waals surface area (Å²) in [4.78, 5) is 23.2. The molecule has 1 aromatic carbocycles. The Bertz CT molecular complexity index is 744. The van der Waals surface area contributed by atoms with E-state index < -0.39 is 23.5 Å². The second kappa shape index (κ2) is 6.99. The minimum absolute atomic E-state index is 0.0397. The van der Waals surface area contributed by atoms with E-state index in [2.05, 4.69) is 15.2 Å². The average molecular weight is 323 g/mol. The maximum absolute atomic E-state index is 13.5. The third kappa shape index (κ3) is 3.91. The number of hydrogen-bond donors (Lipinski definition) is 1. The van der Waals surface area contributed by atoms with Gasteiger partial charge in [-0.2, -0.15) is 5.10 Å². The zero-order valence-corrected chi connectivity index (χ0v) is 12.6. The summed E-state index contributed by atoms with van der Waals surface area (Å²) < 4.78 is 32.6. The molecule has 8 heteroatoms. The molecule has 0 saturated carbocycles. The van der Waals surface area contributed by atoms with E-state index in [-0.39, 0.29) is 18.5 Å². The van der Waals surface area contributed by atoms with Gasteiger partial charge in [-0.05, 0) is 13.0 Å². The summed E-state index contributed by atoms with van der Waals surface area (Å²) in [7, 11) is 1.26. The number of methoxy groups -OCH3 is 1. The van der Waals surface area contributed by atoms with Gasteiger partial charge in [0.05, 0.1) is 31.1 Å². The number of ether oxygens (including phenoxy) is 1. The van der Waals surface area contributed by atoms with Crippen LogP contribution in [-0.4, -0.2) is 28.8 Å². The largest absolute Gasteiger partial charge is 0.468 e. The van der Waals surface area contributed by atoms with Crippen LogP contribution in [0.3, 0.4) is 0 Å². The highest BCUT2D eigenvalue weighted by Gasteiger charge is 2.15. The molecule has 0 atom stereocenters. The molecule has 23 heavy (non-hydrogen) atoms. The van der Waals surface area contributed by atoms with E-state index in [9.17, 15) is 18.4 Å². The molecule has 0 spiro atoms. The van der Waals surface area contributed by atoms with Crippen molar-refractivity contribution in [3.8, 4) is 0 Å². The third-order valence-corrected chi connectivity index (χ3v) is 3.27. The highest BCUT2D eigenvalue weighted by atomic mass is 19.2. The predicted octanol–water partition coefficient (Wildman–Crippen LogP) is 1.82. The first kappa shape index (κ1) is 16.6. The lowest BCUT2D eigenvalue weighted by Crippen LogP contribution is -2.17.